The largest absolute Gasteiger partial charge is 0.487 e. The van der Waals surface area contributed by atoms with E-state index in [0.29, 0.717) is 6.54 Å². The van der Waals surface area contributed by atoms with Gasteiger partial charge in [0.1, 0.15) is 11.9 Å². The minimum absolute atomic E-state index is 0.0138. The molecule has 0 radical (unpaired) electrons. The van der Waals surface area contributed by atoms with Crippen LogP contribution in [-0.2, 0) is 9.59 Å². The van der Waals surface area contributed by atoms with Crippen molar-refractivity contribution in [2.45, 2.75) is 25.9 Å². The van der Waals surface area contributed by atoms with Gasteiger partial charge in [-0.2, -0.15) is 0 Å². The van der Waals surface area contributed by atoms with E-state index in [2.05, 4.69) is 11.9 Å². The van der Waals surface area contributed by atoms with E-state index in [1.165, 1.54) is 0 Å². The lowest BCUT2D eigenvalue weighted by Gasteiger charge is -2.34. The number of ether oxygens (including phenoxy) is 1. The van der Waals surface area contributed by atoms with Crippen molar-refractivity contribution in [3.05, 3.63) is 24.3 Å². The standard InChI is InChI=1S/C18H25N3O3/c1-14-13-21(15-5-3-4-6-16(15)24-14)18(23)8-7-17(22)20-11-9-19(2)10-12-20/h3-6,14H,7-13H2,1-2H3. The van der Waals surface area contributed by atoms with Gasteiger partial charge in [0.05, 0.1) is 12.2 Å². The summed E-state index contributed by atoms with van der Waals surface area (Å²) in [5.74, 6) is 0.793. The molecule has 2 aliphatic rings. The van der Waals surface area contributed by atoms with Crippen LogP contribution < -0.4 is 9.64 Å². The van der Waals surface area contributed by atoms with Crippen molar-refractivity contribution in [2.75, 3.05) is 44.7 Å². The van der Waals surface area contributed by atoms with Crippen LogP contribution in [0.4, 0.5) is 5.69 Å². The number of amides is 2. The third-order valence-electron chi connectivity index (χ3n) is 4.63. The van der Waals surface area contributed by atoms with Gasteiger partial charge in [0.2, 0.25) is 11.8 Å². The van der Waals surface area contributed by atoms with Gasteiger partial charge in [0.25, 0.3) is 0 Å². The van der Waals surface area contributed by atoms with E-state index >= 15 is 0 Å². The molecular weight excluding hydrogens is 306 g/mol. The Hall–Kier alpha value is -2.08. The zero-order chi connectivity index (χ0) is 17.1. The number of rotatable bonds is 3. The summed E-state index contributed by atoms with van der Waals surface area (Å²) >= 11 is 0. The molecule has 0 N–H and O–H groups in total. The van der Waals surface area contributed by atoms with Crippen molar-refractivity contribution >= 4 is 17.5 Å². The van der Waals surface area contributed by atoms with E-state index in [4.69, 9.17) is 4.74 Å². The Labute approximate surface area is 143 Å². The number of carbonyl (C=O) groups excluding carboxylic acids is 2. The molecule has 0 spiro atoms. The number of hydrogen-bond donors (Lipinski definition) is 0. The molecule has 1 aromatic rings. The number of nitrogens with zero attached hydrogens (tertiary/aromatic N) is 3. The predicted octanol–water partition coefficient (Wildman–Crippen LogP) is 1.35. The molecule has 0 saturated carbocycles. The number of fused-ring (bicyclic) bond motifs is 1. The minimum Gasteiger partial charge on any atom is -0.487 e. The maximum atomic E-state index is 12.6. The molecule has 0 aromatic heterocycles. The lowest BCUT2D eigenvalue weighted by Crippen LogP contribution is -2.47. The fourth-order valence-electron chi connectivity index (χ4n) is 3.19. The number of carbonyl (C=O) groups is 2. The summed E-state index contributed by atoms with van der Waals surface area (Å²) in [6, 6.07) is 7.56. The Bertz CT molecular complexity index is 611. The van der Waals surface area contributed by atoms with Crippen molar-refractivity contribution in [2.24, 2.45) is 0 Å². The predicted molar refractivity (Wildman–Crippen MR) is 92.2 cm³/mol. The second-order valence-electron chi connectivity index (χ2n) is 6.58. The molecule has 2 amide bonds. The molecule has 6 heteroatoms. The number of hydrogen-bond acceptors (Lipinski definition) is 4. The number of benzene rings is 1. The molecule has 0 aliphatic carbocycles. The van der Waals surface area contributed by atoms with Crippen molar-refractivity contribution in [1.82, 2.24) is 9.80 Å². The summed E-state index contributed by atoms with van der Waals surface area (Å²) in [6.07, 6.45) is 0.472. The fraction of sp³-hybridized carbons (Fsp3) is 0.556. The molecule has 1 saturated heterocycles. The van der Waals surface area contributed by atoms with Crippen LogP contribution in [-0.4, -0.2) is 67.5 Å². The zero-order valence-electron chi connectivity index (χ0n) is 14.4. The number of likely N-dealkylation sites (N-methyl/N-ethyl adjacent to an activating group) is 1. The van der Waals surface area contributed by atoms with Crippen LogP contribution in [0.15, 0.2) is 24.3 Å². The first-order valence-electron chi connectivity index (χ1n) is 8.57. The maximum Gasteiger partial charge on any atom is 0.227 e. The molecule has 3 rings (SSSR count). The SMILES string of the molecule is CC1CN(C(=O)CCC(=O)N2CCN(C)CC2)c2ccccc2O1. The van der Waals surface area contributed by atoms with Gasteiger partial charge in [-0.15, -0.1) is 0 Å². The average molecular weight is 331 g/mol. The smallest absolute Gasteiger partial charge is 0.227 e. The monoisotopic (exact) mass is 331 g/mol. The van der Waals surface area contributed by atoms with Crippen LogP contribution in [0.3, 0.4) is 0 Å². The number of para-hydroxylation sites is 2. The second kappa shape index (κ2) is 7.21. The topological polar surface area (TPSA) is 53.1 Å². The Morgan fingerprint density at radius 1 is 1.08 bits per heavy atom. The van der Waals surface area contributed by atoms with Crippen molar-refractivity contribution in [1.29, 1.82) is 0 Å². The van der Waals surface area contributed by atoms with E-state index in [9.17, 15) is 9.59 Å². The van der Waals surface area contributed by atoms with Crippen molar-refractivity contribution < 1.29 is 14.3 Å². The maximum absolute atomic E-state index is 12.6. The minimum atomic E-state index is -0.0443. The molecule has 1 atom stereocenters. The normalized spacial score (nSPS) is 21.2. The summed E-state index contributed by atoms with van der Waals surface area (Å²) < 4.78 is 5.77. The molecule has 2 aliphatic heterocycles. The summed E-state index contributed by atoms with van der Waals surface area (Å²) in [5, 5.41) is 0. The lowest BCUT2D eigenvalue weighted by molar-refractivity contribution is -0.134. The summed E-state index contributed by atoms with van der Waals surface area (Å²) in [4.78, 5) is 30.8. The summed E-state index contributed by atoms with van der Waals surface area (Å²) in [6.45, 7) is 5.77. The molecule has 24 heavy (non-hydrogen) atoms. The van der Waals surface area contributed by atoms with Crippen LogP contribution in [0.5, 0.6) is 5.75 Å². The van der Waals surface area contributed by atoms with E-state index in [-0.39, 0.29) is 30.8 Å². The third kappa shape index (κ3) is 3.70. The first kappa shape index (κ1) is 16.8. The first-order chi connectivity index (χ1) is 11.5. The van der Waals surface area contributed by atoms with Gasteiger partial charge in [-0.05, 0) is 26.1 Å². The summed E-state index contributed by atoms with van der Waals surface area (Å²) in [7, 11) is 2.06. The van der Waals surface area contributed by atoms with E-state index < -0.39 is 0 Å². The van der Waals surface area contributed by atoms with Crippen LogP contribution in [0.25, 0.3) is 0 Å². The van der Waals surface area contributed by atoms with Gasteiger partial charge in [-0.25, -0.2) is 0 Å². The van der Waals surface area contributed by atoms with E-state index in [1.54, 1.807) is 4.90 Å². The Kier molecular flexibility index (Phi) is 5.04. The Morgan fingerprint density at radius 2 is 1.75 bits per heavy atom. The molecule has 6 nitrogen and oxygen atoms in total. The van der Waals surface area contributed by atoms with Gasteiger partial charge in [0, 0.05) is 39.0 Å². The highest BCUT2D eigenvalue weighted by molar-refractivity contribution is 5.97. The molecule has 130 valence electrons. The van der Waals surface area contributed by atoms with E-state index in [1.807, 2.05) is 36.1 Å². The second-order valence-corrected chi connectivity index (χ2v) is 6.58. The zero-order valence-corrected chi connectivity index (χ0v) is 14.4. The van der Waals surface area contributed by atoms with Gasteiger partial charge >= 0.3 is 0 Å². The lowest BCUT2D eigenvalue weighted by atomic mass is 10.1. The van der Waals surface area contributed by atoms with Crippen LogP contribution >= 0.6 is 0 Å². The Morgan fingerprint density at radius 3 is 2.50 bits per heavy atom. The molecule has 1 fully saturated rings. The highest BCUT2D eigenvalue weighted by Gasteiger charge is 2.28. The Balaban J connectivity index is 1.58. The van der Waals surface area contributed by atoms with Crippen LogP contribution in [0.1, 0.15) is 19.8 Å². The third-order valence-corrected chi connectivity index (χ3v) is 4.63. The van der Waals surface area contributed by atoms with Gasteiger partial charge in [-0.1, -0.05) is 12.1 Å². The highest BCUT2D eigenvalue weighted by atomic mass is 16.5. The summed E-state index contributed by atoms with van der Waals surface area (Å²) in [5.41, 5.74) is 0.799. The molecular formula is C18H25N3O3. The molecule has 0 bridgehead atoms. The molecule has 1 unspecified atom stereocenters. The highest BCUT2D eigenvalue weighted by Crippen LogP contribution is 2.33. The number of piperazine rings is 1. The fourth-order valence-corrected chi connectivity index (χ4v) is 3.19. The van der Waals surface area contributed by atoms with Gasteiger partial charge in [0.15, 0.2) is 0 Å². The average Bonchev–Trinajstić information content (AvgIpc) is 2.59. The van der Waals surface area contributed by atoms with Crippen LogP contribution in [0, 0.1) is 0 Å². The quantitative estimate of drug-likeness (QED) is 0.839. The molecule has 1 aromatic carbocycles. The first-order valence-corrected chi connectivity index (χ1v) is 8.57. The van der Waals surface area contributed by atoms with Crippen molar-refractivity contribution in [3.63, 3.8) is 0 Å². The van der Waals surface area contributed by atoms with E-state index in [0.717, 1.165) is 37.6 Å². The van der Waals surface area contributed by atoms with Gasteiger partial charge < -0.3 is 19.4 Å². The van der Waals surface area contributed by atoms with Crippen molar-refractivity contribution in [3.8, 4) is 5.75 Å². The van der Waals surface area contributed by atoms with Gasteiger partial charge in [-0.3, -0.25) is 9.59 Å². The van der Waals surface area contributed by atoms with Crippen LogP contribution in [0.2, 0.25) is 0 Å². The molecule has 2 heterocycles. The number of anilines is 1.